The molecule has 1 atom stereocenters. The first-order valence-electron chi connectivity index (χ1n) is 13.0. The lowest BCUT2D eigenvalue weighted by Crippen LogP contribution is -2.36. The highest BCUT2D eigenvalue weighted by Crippen LogP contribution is 2.32. The van der Waals surface area contributed by atoms with E-state index in [9.17, 15) is 27.9 Å². The third kappa shape index (κ3) is 6.64. The number of morpholine rings is 1. The zero-order chi connectivity index (χ0) is 29.0. The molecule has 0 saturated carbocycles. The Kier molecular flexibility index (Phi) is 8.18. The number of fused-ring (bicyclic) bond motifs is 1. The average molecular weight is 565 g/mol. The molecule has 8 nitrogen and oxygen atoms in total. The number of pyridine rings is 1. The lowest BCUT2D eigenvalue weighted by Gasteiger charge is -2.27. The number of aliphatic hydroxyl groups is 1. The van der Waals surface area contributed by atoms with Crippen LogP contribution >= 0.6 is 0 Å². The molecule has 2 amide bonds. The van der Waals surface area contributed by atoms with Crippen LogP contribution in [0.2, 0.25) is 0 Å². The summed E-state index contributed by atoms with van der Waals surface area (Å²) in [5.41, 5.74) is 2.56. The van der Waals surface area contributed by atoms with Gasteiger partial charge in [0.25, 0.3) is 5.91 Å². The maximum Gasteiger partial charge on any atom is 0.416 e. The van der Waals surface area contributed by atoms with Crippen molar-refractivity contribution in [3.63, 3.8) is 0 Å². The molecule has 2 aliphatic rings. The van der Waals surface area contributed by atoms with Gasteiger partial charge in [-0.05, 0) is 47.5 Å². The molecular formula is C30H27F3N4O4. The van der Waals surface area contributed by atoms with E-state index in [4.69, 9.17) is 4.74 Å². The van der Waals surface area contributed by atoms with Crippen molar-refractivity contribution in [2.45, 2.75) is 18.7 Å². The molecule has 0 bridgehead atoms. The van der Waals surface area contributed by atoms with E-state index >= 15 is 0 Å². The largest absolute Gasteiger partial charge is 0.416 e. The number of alkyl halides is 3. The Morgan fingerprint density at radius 3 is 2.49 bits per heavy atom. The quantitative estimate of drug-likeness (QED) is 0.303. The zero-order valence-electron chi connectivity index (χ0n) is 21.8. The lowest BCUT2D eigenvalue weighted by atomic mass is 9.97. The van der Waals surface area contributed by atoms with Gasteiger partial charge in [0, 0.05) is 54.3 Å². The van der Waals surface area contributed by atoms with E-state index in [1.807, 2.05) is 12.1 Å². The summed E-state index contributed by atoms with van der Waals surface area (Å²) in [7, 11) is 0. The Labute approximate surface area is 234 Å². The number of hydrogen-bond donors (Lipinski definition) is 3. The molecule has 2 aromatic carbocycles. The molecule has 3 N–H and O–H groups in total. The molecule has 2 aliphatic heterocycles. The second-order valence-electron chi connectivity index (χ2n) is 9.55. The topological polar surface area (TPSA) is 104 Å². The Bertz CT molecular complexity index is 1480. The van der Waals surface area contributed by atoms with Crippen LogP contribution in [0.5, 0.6) is 0 Å². The highest BCUT2D eigenvalue weighted by molar-refractivity contribution is 6.03. The minimum absolute atomic E-state index is 0.0623. The maximum atomic E-state index is 13.2. The molecule has 212 valence electrons. The van der Waals surface area contributed by atoms with E-state index in [1.165, 1.54) is 24.3 Å². The summed E-state index contributed by atoms with van der Waals surface area (Å²) in [6.07, 6.45) is 0.467. The van der Waals surface area contributed by atoms with Gasteiger partial charge in [-0.15, -0.1) is 0 Å². The van der Waals surface area contributed by atoms with Crippen LogP contribution < -0.4 is 15.5 Å². The van der Waals surface area contributed by atoms with Crippen molar-refractivity contribution in [2.75, 3.05) is 41.8 Å². The van der Waals surface area contributed by atoms with Crippen molar-refractivity contribution in [1.82, 2.24) is 4.98 Å². The number of rotatable bonds is 6. The van der Waals surface area contributed by atoms with Crippen LogP contribution in [0, 0.1) is 0 Å². The van der Waals surface area contributed by atoms with Gasteiger partial charge in [-0.2, -0.15) is 13.2 Å². The fraction of sp³-hybridized carbons (Fsp3) is 0.233. The van der Waals surface area contributed by atoms with Crippen LogP contribution in [0.15, 0.2) is 79.0 Å². The number of nitrogens with zero attached hydrogens (tertiary/aromatic N) is 2. The van der Waals surface area contributed by atoms with Crippen LogP contribution in [0.3, 0.4) is 0 Å². The Balaban J connectivity index is 1.39. The Morgan fingerprint density at radius 2 is 1.80 bits per heavy atom. The monoisotopic (exact) mass is 564 g/mol. The minimum atomic E-state index is -4.46. The molecule has 0 radical (unpaired) electrons. The second-order valence-corrected chi connectivity index (χ2v) is 9.55. The van der Waals surface area contributed by atoms with Gasteiger partial charge in [0.2, 0.25) is 5.91 Å². The normalized spacial score (nSPS) is 17.8. The number of aromatic nitrogens is 1. The van der Waals surface area contributed by atoms with Gasteiger partial charge < -0.3 is 25.4 Å². The summed E-state index contributed by atoms with van der Waals surface area (Å²) in [6.45, 7) is 2.63. The van der Waals surface area contributed by atoms with Crippen molar-refractivity contribution in [2.24, 2.45) is 0 Å². The number of aliphatic hydroxyl groups excluding tert-OH is 1. The summed E-state index contributed by atoms with van der Waals surface area (Å²) in [4.78, 5) is 31.1. The van der Waals surface area contributed by atoms with Crippen molar-refractivity contribution >= 4 is 34.6 Å². The molecule has 1 unspecified atom stereocenters. The number of carbonyl (C=O) groups excluding carboxylic acids is 2. The van der Waals surface area contributed by atoms with Crippen LogP contribution in [-0.4, -0.2) is 54.3 Å². The predicted octanol–water partition coefficient (Wildman–Crippen LogP) is 4.42. The molecule has 0 spiro atoms. The van der Waals surface area contributed by atoms with E-state index in [1.54, 1.807) is 30.5 Å². The van der Waals surface area contributed by atoms with Crippen molar-refractivity contribution < 1.29 is 32.6 Å². The van der Waals surface area contributed by atoms with E-state index in [0.29, 0.717) is 59.9 Å². The Hall–Kier alpha value is -4.48. The molecule has 5 rings (SSSR count). The van der Waals surface area contributed by atoms with Gasteiger partial charge in [0.05, 0.1) is 18.8 Å². The standard InChI is InChI=1S/C30H27F3N4O4/c31-30(32,33)21-10-7-19(8-11-21)22(20-9-12-27(34-18-20)37-13-15-41-16-14-37)3-1-6-28(39)35-24-4-2-5-25-23(24)17-26(38)29(40)36-25/h1-12,18,26,38H,13-17H2,(H,35,39)(H,36,40)/b6-1+,22-3+. The van der Waals surface area contributed by atoms with Gasteiger partial charge in [-0.3, -0.25) is 9.59 Å². The number of anilines is 3. The van der Waals surface area contributed by atoms with Crippen molar-refractivity contribution in [1.29, 1.82) is 0 Å². The van der Waals surface area contributed by atoms with Gasteiger partial charge in [0.15, 0.2) is 0 Å². The van der Waals surface area contributed by atoms with Crippen molar-refractivity contribution in [3.05, 3.63) is 101 Å². The molecular weight excluding hydrogens is 537 g/mol. The van der Waals surface area contributed by atoms with E-state index in [2.05, 4.69) is 20.5 Å². The molecule has 11 heteroatoms. The van der Waals surface area contributed by atoms with E-state index in [0.717, 1.165) is 18.0 Å². The molecule has 1 aromatic heterocycles. The van der Waals surface area contributed by atoms with Crippen LogP contribution in [0.4, 0.5) is 30.4 Å². The van der Waals surface area contributed by atoms with Gasteiger partial charge >= 0.3 is 6.18 Å². The van der Waals surface area contributed by atoms with Gasteiger partial charge in [0.1, 0.15) is 11.9 Å². The minimum Gasteiger partial charge on any atom is -0.383 e. The highest BCUT2D eigenvalue weighted by atomic mass is 19.4. The lowest BCUT2D eigenvalue weighted by molar-refractivity contribution is -0.137. The summed E-state index contributed by atoms with van der Waals surface area (Å²) < 4.78 is 44.8. The number of carbonyl (C=O) groups is 2. The smallest absolute Gasteiger partial charge is 0.383 e. The Morgan fingerprint density at radius 1 is 1.07 bits per heavy atom. The maximum absolute atomic E-state index is 13.2. The average Bonchev–Trinajstić information content (AvgIpc) is 2.97. The summed E-state index contributed by atoms with van der Waals surface area (Å²) >= 11 is 0. The number of amides is 2. The first-order valence-corrected chi connectivity index (χ1v) is 13.0. The molecule has 1 saturated heterocycles. The third-order valence-electron chi connectivity index (χ3n) is 6.82. The molecule has 0 aliphatic carbocycles. The first-order chi connectivity index (χ1) is 19.7. The number of allylic oxidation sites excluding steroid dienone is 2. The zero-order valence-corrected chi connectivity index (χ0v) is 21.8. The van der Waals surface area contributed by atoms with E-state index < -0.39 is 29.7 Å². The van der Waals surface area contributed by atoms with Crippen LogP contribution in [-0.2, 0) is 26.9 Å². The number of halogens is 3. The molecule has 41 heavy (non-hydrogen) atoms. The van der Waals surface area contributed by atoms with Crippen LogP contribution in [0.25, 0.3) is 5.57 Å². The fourth-order valence-electron chi connectivity index (χ4n) is 4.67. The fourth-order valence-corrected chi connectivity index (χ4v) is 4.67. The summed E-state index contributed by atoms with van der Waals surface area (Å²) in [6, 6.07) is 13.5. The predicted molar refractivity (Wildman–Crippen MR) is 148 cm³/mol. The highest BCUT2D eigenvalue weighted by Gasteiger charge is 2.30. The summed E-state index contributed by atoms with van der Waals surface area (Å²) in [5.74, 6) is -0.200. The summed E-state index contributed by atoms with van der Waals surface area (Å²) in [5, 5.41) is 15.3. The molecule has 3 aromatic rings. The third-order valence-corrected chi connectivity index (χ3v) is 6.82. The number of benzene rings is 2. The van der Waals surface area contributed by atoms with Crippen molar-refractivity contribution in [3.8, 4) is 0 Å². The molecule has 1 fully saturated rings. The van der Waals surface area contributed by atoms with Crippen LogP contribution in [0.1, 0.15) is 22.3 Å². The molecule has 3 heterocycles. The van der Waals surface area contributed by atoms with Gasteiger partial charge in [-0.25, -0.2) is 4.98 Å². The number of ether oxygens (including phenoxy) is 1. The number of hydrogen-bond acceptors (Lipinski definition) is 6. The van der Waals surface area contributed by atoms with E-state index in [-0.39, 0.29) is 6.42 Å². The second kappa shape index (κ2) is 11.9. The SMILES string of the molecule is O=C(/C=C/C=C(\c1ccc(C(F)(F)F)cc1)c1ccc(N2CCOCC2)nc1)Nc1cccc2c1CC(O)C(=O)N2. The first kappa shape index (κ1) is 28.1. The van der Waals surface area contributed by atoms with Gasteiger partial charge in [-0.1, -0.05) is 30.4 Å². The number of nitrogens with one attached hydrogen (secondary N) is 2.